The van der Waals surface area contributed by atoms with Gasteiger partial charge in [-0.2, -0.15) is 0 Å². The number of aromatic nitrogens is 1. The number of carbonyl (C=O) groups excluding carboxylic acids is 1. The molecule has 1 rings (SSSR count). The fourth-order valence-electron chi connectivity index (χ4n) is 0.746. The zero-order chi connectivity index (χ0) is 9.68. The van der Waals surface area contributed by atoms with E-state index in [-0.39, 0.29) is 5.91 Å². The van der Waals surface area contributed by atoms with Gasteiger partial charge < -0.3 is 5.32 Å². The fraction of sp³-hybridized carbons (Fsp3) is 0.429. The minimum Gasteiger partial charge on any atom is -0.353 e. The molecule has 0 fully saturated rings. The number of carbonyl (C=O) groups is 1. The predicted molar refractivity (Wildman–Crippen MR) is 54.3 cm³/mol. The Hall–Kier alpha value is -0.320. The van der Waals surface area contributed by atoms with Crippen LogP contribution in [0.5, 0.6) is 0 Å². The van der Waals surface area contributed by atoms with Crippen molar-refractivity contribution < 1.29 is 4.79 Å². The Balaban J connectivity index is 2.18. The number of nitrogens with zero attached hydrogens (tertiary/aromatic N) is 1. The van der Waals surface area contributed by atoms with E-state index in [0.29, 0.717) is 13.0 Å². The Kier molecular flexibility index (Phi) is 4.48. The maximum Gasteiger partial charge on any atom is 0.253 e. The summed E-state index contributed by atoms with van der Waals surface area (Å²) in [6, 6.07) is 0. The third-order valence-electron chi connectivity index (χ3n) is 1.32. The van der Waals surface area contributed by atoms with Gasteiger partial charge in [-0.25, -0.2) is 4.98 Å². The van der Waals surface area contributed by atoms with Crippen LogP contribution in [0, 0.1) is 0 Å². The molecular formula is C7H8Cl2N2OS. The molecule has 1 aromatic heterocycles. The van der Waals surface area contributed by atoms with Crippen LogP contribution in [0.3, 0.4) is 0 Å². The molecule has 0 radical (unpaired) electrons. The molecule has 3 nitrogen and oxygen atoms in total. The van der Waals surface area contributed by atoms with Crippen LogP contribution >= 0.6 is 34.5 Å². The second-order valence-electron chi connectivity index (χ2n) is 2.27. The number of hydrogen-bond acceptors (Lipinski definition) is 3. The van der Waals surface area contributed by atoms with Gasteiger partial charge in [0.2, 0.25) is 0 Å². The maximum absolute atomic E-state index is 10.9. The number of amides is 1. The summed E-state index contributed by atoms with van der Waals surface area (Å²) in [6.07, 6.45) is 2.44. The average molecular weight is 239 g/mol. The van der Waals surface area contributed by atoms with E-state index in [1.165, 1.54) is 0 Å². The molecule has 0 aliphatic heterocycles. The summed E-state index contributed by atoms with van der Waals surface area (Å²) >= 11 is 12.2. The van der Waals surface area contributed by atoms with Crippen molar-refractivity contribution in [3.8, 4) is 0 Å². The van der Waals surface area contributed by atoms with E-state index < -0.39 is 4.84 Å². The molecule has 0 unspecified atom stereocenters. The van der Waals surface area contributed by atoms with E-state index >= 15 is 0 Å². The van der Waals surface area contributed by atoms with Crippen molar-refractivity contribution in [2.75, 3.05) is 6.54 Å². The van der Waals surface area contributed by atoms with Gasteiger partial charge in [0.1, 0.15) is 0 Å². The van der Waals surface area contributed by atoms with Crippen molar-refractivity contribution in [3.05, 3.63) is 16.6 Å². The molecule has 0 saturated carbocycles. The summed E-state index contributed by atoms with van der Waals surface area (Å²) < 4.78 is 0. The molecule has 0 atom stereocenters. The molecule has 1 heterocycles. The summed E-state index contributed by atoms with van der Waals surface area (Å²) in [5, 5.41) is 5.46. The Morgan fingerprint density at radius 1 is 1.69 bits per heavy atom. The highest BCUT2D eigenvalue weighted by atomic mass is 35.5. The van der Waals surface area contributed by atoms with Crippen LogP contribution in [0.2, 0.25) is 0 Å². The number of rotatable bonds is 4. The lowest BCUT2D eigenvalue weighted by Gasteiger charge is -2.02. The second kappa shape index (κ2) is 5.42. The van der Waals surface area contributed by atoms with E-state index in [1.54, 1.807) is 17.5 Å². The van der Waals surface area contributed by atoms with Crippen LogP contribution in [0.1, 0.15) is 5.01 Å². The number of halogens is 2. The third kappa shape index (κ3) is 3.93. The Morgan fingerprint density at radius 2 is 2.46 bits per heavy atom. The van der Waals surface area contributed by atoms with Crippen LogP contribution in [-0.2, 0) is 11.2 Å². The molecule has 13 heavy (non-hydrogen) atoms. The monoisotopic (exact) mass is 238 g/mol. The molecule has 0 saturated heterocycles. The first-order valence-electron chi connectivity index (χ1n) is 3.64. The van der Waals surface area contributed by atoms with Crippen LogP contribution < -0.4 is 5.32 Å². The molecule has 72 valence electrons. The normalized spacial score (nSPS) is 10.4. The molecule has 0 aliphatic carbocycles. The van der Waals surface area contributed by atoms with Crippen LogP contribution in [0.4, 0.5) is 0 Å². The van der Waals surface area contributed by atoms with E-state index in [0.717, 1.165) is 5.01 Å². The molecule has 0 aliphatic rings. The van der Waals surface area contributed by atoms with E-state index in [4.69, 9.17) is 23.2 Å². The molecule has 1 amide bonds. The molecule has 0 aromatic carbocycles. The van der Waals surface area contributed by atoms with Gasteiger partial charge in [-0.3, -0.25) is 4.79 Å². The second-order valence-corrected chi connectivity index (χ2v) is 4.34. The van der Waals surface area contributed by atoms with E-state index in [1.807, 2.05) is 5.38 Å². The van der Waals surface area contributed by atoms with Crippen molar-refractivity contribution in [3.63, 3.8) is 0 Å². The fourth-order valence-corrected chi connectivity index (χ4v) is 1.52. The lowest BCUT2D eigenvalue weighted by molar-refractivity contribution is -0.119. The van der Waals surface area contributed by atoms with Crippen molar-refractivity contribution in [2.45, 2.75) is 11.3 Å². The standard InChI is InChI=1S/C7H8Cl2N2OS/c8-6(9)7(12)11-2-1-5-10-3-4-13-5/h3-4,6H,1-2H2,(H,11,12). The molecule has 6 heteroatoms. The smallest absolute Gasteiger partial charge is 0.253 e. The summed E-state index contributed by atoms with van der Waals surface area (Å²) in [4.78, 5) is 13.9. The Morgan fingerprint density at radius 3 is 3.00 bits per heavy atom. The highest BCUT2D eigenvalue weighted by molar-refractivity contribution is 7.09. The number of nitrogens with one attached hydrogen (secondary N) is 1. The van der Waals surface area contributed by atoms with Gasteiger partial charge in [-0.05, 0) is 0 Å². The Labute approximate surface area is 90.1 Å². The van der Waals surface area contributed by atoms with Gasteiger partial charge in [-0.15, -0.1) is 11.3 Å². The number of thiazole rings is 1. The first-order valence-corrected chi connectivity index (χ1v) is 5.39. The van der Waals surface area contributed by atoms with E-state index in [9.17, 15) is 4.79 Å². The van der Waals surface area contributed by atoms with Crippen LogP contribution in [0.15, 0.2) is 11.6 Å². The third-order valence-corrected chi connectivity index (χ3v) is 2.56. The predicted octanol–water partition coefficient (Wildman–Crippen LogP) is 1.61. The highest BCUT2D eigenvalue weighted by Gasteiger charge is 2.09. The van der Waals surface area contributed by atoms with Crippen molar-refractivity contribution >= 4 is 40.4 Å². The first-order chi connectivity index (χ1) is 6.20. The molecule has 1 aromatic rings. The van der Waals surface area contributed by atoms with Crippen LogP contribution in [0.25, 0.3) is 0 Å². The van der Waals surface area contributed by atoms with Gasteiger partial charge in [-0.1, -0.05) is 23.2 Å². The molecule has 0 spiro atoms. The minimum atomic E-state index is -0.990. The van der Waals surface area contributed by atoms with Crippen molar-refractivity contribution in [1.82, 2.24) is 10.3 Å². The largest absolute Gasteiger partial charge is 0.353 e. The van der Waals surface area contributed by atoms with Gasteiger partial charge in [0.25, 0.3) is 5.91 Å². The number of alkyl halides is 2. The molecule has 0 bridgehead atoms. The summed E-state index contributed by atoms with van der Waals surface area (Å²) in [5.74, 6) is -0.361. The van der Waals surface area contributed by atoms with Gasteiger partial charge in [0.15, 0.2) is 4.84 Å². The summed E-state index contributed by atoms with van der Waals surface area (Å²) in [6.45, 7) is 0.516. The first kappa shape index (κ1) is 10.8. The number of hydrogen-bond donors (Lipinski definition) is 1. The van der Waals surface area contributed by atoms with Crippen LogP contribution in [-0.4, -0.2) is 22.3 Å². The maximum atomic E-state index is 10.9. The van der Waals surface area contributed by atoms with E-state index in [2.05, 4.69) is 10.3 Å². The Bertz CT molecular complexity index is 263. The lowest BCUT2D eigenvalue weighted by atomic mass is 10.4. The quantitative estimate of drug-likeness (QED) is 0.811. The zero-order valence-corrected chi connectivity index (χ0v) is 8.99. The van der Waals surface area contributed by atoms with Crippen molar-refractivity contribution in [1.29, 1.82) is 0 Å². The van der Waals surface area contributed by atoms with Gasteiger partial charge in [0, 0.05) is 24.5 Å². The molecular weight excluding hydrogens is 231 g/mol. The molecule has 1 N–H and O–H groups in total. The zero-order valence-electron chi connectivity index (χ0n) is 6.67. The summed E-state index contributed by atoms with van der Waals surface area (Å²) in [7, 11) is 0. The topological polar surface area (TPSA) is 42.0 Å². The lowest BCUT2D eigenvalue weighted by Crippen LogP contribution is -2.30. The minimum absolute atomic E-state index is 0.361. The average Bonchev–Trinajstić information content (AvgIpc) is 2.56. The van der Waals surface area contributed by atoms with Crippen molar-refractivity contribution in [2.24, 2.45) is 0 Å². The highest BCUT2D eigenvalue weighted by Crippen LogP contribution is 2.04. The van der Waals surface area contributed by atoms with Gasteiger partial charge in [0.05, 0.1) is 5.01 Å². The van der Waals surface area contributed by atoms with Gasteiger partial charge >= 0.3 is 0 Å². The SMILES string of the molecule is O=C(NCCc1nccs1)C(Cl)Cl. The summed E-state index contributed by atoms with van der Waals surface area (Å²) in [5.41, 5.74) is 0.